The van der Waals surface area contributed by atoms with E-state index in [9.17, 15) is 9.59 Å². The first kappa shape index (κ1) is 19.7. The van der Waals surface area contributed by atoms with Crippen LogP contribution < -0.4 is 10.6 Å². The Morgan fingerprint density at radius 2 is 1.62 bits per heavy atom. The molecule has 0 fully saturated rings. The molecule has 5 nitrogen and oxygen atoms in total. The third-order valence-corrected chi connectivity index (χ3v) is 4.32. The summed E-state index contributed by atoms with van der Waals surface area (Å²) in [5.74, 6) is -0.308. The van der Waals surface area contributed by atoms with E-state index in [1.54, 1.807) is 6.07 Å². The molecular weight excluding hydrogens is 326 g/mol. The molecule has 0 radical (unpaired) electrons. The lowest BCUT2D eigenvalue weighted by Gasteiger charge is -2.18. The number of nitrogens with zero attached hydrogens (tertiary/aromatic N) is 1. The largest absolute Gasteiger partial charge is 0.326 e. The third kappa shape index (κ3) is 5.43. The van der Waals surface area contributed by atoms with Gasteiger partial charge in [0.05, 0.1) is 0 Å². The number of anilines is 2. The number of carbonyl (C=O) groups excluding carboxylic acids is 2. The minimum atomic E-state index is -0.164. The van der Waals surface area contributed by atoms with Crippen LogP contribution in [-0.2, 0) is 11.3 Å². The van der Waals surface area contributed by atoms with Crippen LogP contribution in [0.4, 0.5) is 11.4 Å². The number of aryl methyl sites for hydroxylation is 1. The number of hydrogen-bond donors (Lipinski definition) is 2. The quantitative estimate of drug-likeness (QED) is 0.789. The van der Waals surface area contributed by atoms with Gasteiger partial charge in [-0.1, -0.05) is 32.0 Å². The van der Waals surface area contributed by atoms with Gasteiger partial charge < -0.3 is 10.6 Å². The Morgan fingerprint density at radius 1 is 0.962 bits per heavy atom. The van der Waals surface area contributed by atoms with E-state index in [2.05, 4.69) is 29.4 Å². The van der Waals surface area contributed by atoms with E-state index in [-0.39, 0.29) is 11.8 Å². The molecule has 0 aliphatic rings. The Morgan fingerprint density at radius 3 is 2.19 bits per heavy atom. The molecule has 0 bridgehead atoms. The van der Waals surface area contributed by atoms with Gasteiger partial charge in [-0.05, 0) is 55.4 Å². The molecule has 2 aromatic carbocycles. The predicted molar refractivity (Wildman–Crippen MR) is 107 cm³/mol. The van der Waals surface area contributed by atoms with Crippen LogP contribution in [0, 0.1) is 6.92 Å². The molecule has 2 aromatic rings. The topological polar surface area (TPSA) is 61.4 Å². The number of benzene rings is 2. The zero-order chi connectivity index (χ0) is 19.1. The van der Waals surface area contributed by atoms with Gasteiger partial charge in [-0.25, -0.2) is 0 Å². The molecule has 0 aliphatic heterocycles. The van der Waals surface area contributed by atoms with Crippen LogP contribution in [0.1, 0.15) is 42.3 Å². The molecule has 0 aliphatic carbocycles. The van der Waals surface area contributed by atoms with Crippen molar-refractivity contribution in [1.82, 2.24) is 4.90 Å². The summed E-state index contributed by atoms with van der Waals surface area (Å²) >= 11 is 0. The molecule has 0 atom stereocenters. The minimum absolute atomic E-state index is 0.144. The van der Waals surface area contributed by atoms with Gasteiger partial charge in [0.1, 0.15) is 0 Å². The summed E-state index contributed by atoms with van der Waals surface area (Å²) in [6, 6.07) is 13.1. The molecule has 2 amide bonds. The van der Waals surface area contributed by atoms with Crippen molar-refractivity contribution in [2.75, 3.05) is 23.7 Å². The Bertz CT molecular complexity index is 765. The molecule has 0 heterocycles. The lowest BCUT2D eigenvalue weighted by molar-refractivity contribution is -0.114. The van der Waals surface area contributed by atoms with Crippen molar-refractivity contribution < 1.29 is 9.59 Å². The second-order valence-electron chi connectivity index (χ2n) is 6.32. The summed E-state index contributed by atoms with van der Waals surface area (Å²) in [6.07, 6.45) is 0. The van der Waals surface area contributed by atoms with E-state index in [1.807, 2.05) is 43.3 Å². The molecular formula is C21H27N3O2. The summed E-state index contributed by atoms with van der Waals surface area (Å²) in [4.78, 5) is 26.1. The molecule has 138 valence electrons. The summed E-state index contributed by atoms with van der Waals surface area (Å²) in [7, 11) is 0. The van der Waals surface area contributed by atoms with E-state index in [0.717, 1.165) is 25.2 Å². The highest BCUT2D eigenvalue weighted by atomic mass is 16.2. The average Bonchev–Trinajstić information content (AvgIpc) is 2.62. The maximum atomic E-state index is 12.5. The third-order valence-electron chi connectivity index (χ3n) is 4.32. The Hall–Kier alpha value is -2.66. The second kappa shape index (κ2) is 9.15. The Labute approximate surface area is 155 Å². The minimum Gasteiger partial charge on any atom is -0.326 e. The SMILES string of the molecule is CCN(CC)Cc1ccc(C(=O)Nc2cc(NC(C)=O)ccc2C)cc1. The first-order valence-corrected chi connectivity index (χ1v) is 8.93. The summed E-state index contributed by atoms with van der Waals surface area (Å²) in [5.41, 5.74) is 4.08. The second-order valence-corrected chi connectivity index (χ2v) is 6.32. The Balaban J connectivity index is 2.09. The van der Waals surface area contributed by atoms with Gasteiger partial charge >= 0.3 is 0 Å². The molecule has 0 unspecified atom stereocenters. The van der Waals surface area contributed by atoms with E-state index < -0.39 is 0 Å². The van der Waals surface area contributed by atoms with Crippen LogP contribution >= 0.6 is 0 Å². The van der Waals surface area contributed by atoms with Crippen LogP contribution in [0.2, 0.25) is 0 Å². The summed E-state index contributed by atoms with van der Waals surface area (Å²) in [5, 5.41) is 5.65. The van der Waals surface area contributed by atoms with Gasteiger partial charge in [-0.2, -0.15) is 0 Å². The highest BCUT2D eigenvalue weighted by Crippen LogP contribution is 2.21. The number of rotatable bonds is 7. The van der Waals surface area contributed by atoms with Gasteiger partial charge in [0.25, 0.3) is 5.91 Å². The van der Waals surface area contributed by atoms with Crippen LogP contribution in [0.15, 0.2) is 42.5 Å². The molecule has 0 spiro atoms. The number of amides is 2. The highest BCUT2D eigenvalue weighted by molar-refractivity contribution is 6.05. The molecule has 0 saturated heterocycles. The monoisotopic (exact) mass is 353 g/mol. The van der Waals surface area contributed by atoms with Gasteiger partial charge in [-0.15, -0.1) is 0 Å². The Kier molecular flexibility index (Phi) is 6.92. The van der Waals surface area contributed by atoms with Crippen molar-refractivity contribution >= 4 is 23.2 Å². The van der Waals surface area contributed by atoms with Gasteiger partial charge in [-0.3, -0.25) is 14.5 Å². The van der Waals surface area contributed by atoms with Gasteiger partial charge in [0.2, 0.25) is 5.91 Å². The maximum Gasteiger partial charge on any atom is 0.255 e. The van der Waals surface area contributed by atoms with Crippen molar-refractivity contribution in [1.29, 1.82) is 0 Å². The van der Waals surface area contributed by atoms with Gasteiger partial charge in [0.15, 0.2) is 0 Å². The zero-order valence-corrected chi connectivity index (χ0v) is 15.9. The predicted octanol–water partition coefficient (Wildman–Crippen LogP) is 4.05. The fraction of sp³-hybridized carbons (Fsp3) is 0.333. The van der Waals surface area contributed by atoms with E-state index >= 15 is 0 Å². The number of carbonyl (C=O) groups is 2. The zero-order valence-electron chi connectivity index (χ0n) is 15.9. The summed E-state index contributed by atoms with van der Waals surface area (Å²) in [6.45, 7) is 10.5. The van der Waals surface area contributed by atoms with Crippen molar-refractivity contribution in [2.24, 2.45) is 0 Å². The van der Waals surface area contributed by atoms with Crippen LogP contribution in [-0.4, -0.2) is 29.8 Å². The maximum absolute atomic E-state index is 12.5. The molecule has 0 saturated carbocycles. The smallest absolute Gasteiger partial charge is 0.255 e. The van der Waals surface area contributed by atoms with Crippen LogP contribution in [0.3, 0.4) is 0 Å². The standard InChI is InChI=1S/C21H27N3O2/c1-5-24(6-2)14-17-8-10-18(11-9-17)21(26)23-20-13-19(22-16(4)25)12-7-15(20)3/h7-13H,5-6,14H2,1-4H3,(H,22,25)(H,23,26). The molecule has 2 rings (SSSR count). The highest BCUT2D eigenvalue weighted by Gasteiger charge is 2.10. The van der Waals surface area contributed by atoms with E-state index in [4.69, 9.17) is 0 Å². The van der Waals surface area contributed by atoms with Gasteiger partial charge in [0, 0.05) is 30.4 Å². The van der Waals surface area contributed by atoms with Crippen molar-refractivity contribution in [3.8, 4) is 0 Å². The average molecular weight is 353 g/mol. The molecule has 0 aromatic heterocycles. The van der Waals surface area contributed by atoms with Crippen molar-refractivity contribution in [3.05, 3.63) is 59.2 Å². The van der Waals surface area contributed by atoms with E-state index in [0.29, 0.717) is 16.9 Å². The van der Waals surface area contributed by atoms with Crippen molar-refractivity contribution in [2.45, 2.75) is 34.2 Å². The fourth-order valence-electron chi connectivity index (χ4n) is 2.70. The number of hydrogen-bond acceptors (Lipinski definition) is 3. The summed E-state index contributed by atoms with van der Waals surface area (Å²) < 4.78 is 0. The molecule has 2 N–H and O–H groups in total. The lowest BCUT2D eigenvalue weighted by atomic mass is 10.1. The van der Waals surface area contributed by atoms with Crippen molar-refractivity contribution in [3.63, 3.8) is 0 Å². The normalized spacial score (nSPS) is 10.7. The molecule has 26 heavy (non-hydrogen) atoms. The van der Waals surface area contributed by atoms with Crippen LogP contribution in [0.25, 0.3) is 0 Å². The first-order chi connectivity index (χ1) is 12.4. The molecule has 5 heteroatoms. The first-order valence-electron chi connectivity index (χ1n) is 8.93. The fourth-order valence-corrected chi connectivity index (χ4v) is 2.70. The van der Waals surface area contributed by atoms with Crippen LogP contribution in [0.5, 0.6) is 0 Å². The van der Waals surface area contributed by atoms with E-state index in [1.165, 1.54) is 12.5 Å². The number of nitrogens with one attached hydrogen (secondary N) is 2. The lowest BCUT2D eigenvalue weighted by Crippen LogP contribution is -2.22.